The lowest BCUT2D eigenvalue weighted by Crippen LogP contribution is -2.41. The van der Waals surface area contributed by atoms with Crippen LogP contribution in [0.1, 0.15) is 19.8 Å². The van der Waals surface area contributed by atoms with Crippen molar-refractivity contribution in [3.63, 3.8) is 0 Å². The van der Waals surface area contributed by atoms with Gasteiger partial charge in [0.2, 0.25) is 0 Å². The van der Waals surface area contributed by atoms with Gasteiger partial charge in [-0.05, 0) is 13.0 Å². The van der Waals surface area contributed by atoms with E-state index in [2.05, 4.69) is 4.52 Å². The third kappa shape index (κ3) is 11.1. The van der Waals surface area contributed by atoms with Crippen LogP contribution in [0.3, 0.4) is 0 Å². The monoisotopic (exact) mass is 430 g/mol. The van der Waals surface area contributed by atoms with Crippen LogP contribution in [0.4, 0.5) is 0 Å². The summed E-state index contributed by atoms with van der Waals surface area (Å²) in [5, 5.41) is 29.4. The van der Waals surface area contributed by atoms with Crippen molar-refractivity contribution in [2.45, 2.75) is 43.7 Å². The Morgan fingerprint density at radius 1 is 1.34 bits per heavy atom. The fourth-order valence-corrected chi connectivity index (χ4v) is 3.01. The Morgan fingerprint density at radius 3 is 2.66 bits per heavy atom. The minimum atomic E-state index is -4.96. The molecule has 0 bridgehead atoms. The summed E-state index contributed by atoms with van der Waals surface area (Å²) in [5.74, 6) is -0.531. The Labute approximate surface area is 169 Å². The number of phosphoric ester groups is 1. The van der Waals surface area contributed by atoms with E-state index in [9.17, 15) is 19.6 Å². The van der Waals surface area contributed by atoms with Crippen LogP contribution in [0.5, 0.6) is 0 Å². The molecule has 0 unspecified atom stereocenters. The molecule has 0 spiro atoms. The number of hydrogen-bond acceptors (Lipinski definition) is 7. The second-order valence-electron chi connectivity index (χ2n) is 6.47. The largest absolute Gasteiger partial charge is 0.469 e. The average molecular weight is 430 g/mol. The molecule has 0 aromatic rings. The van der Waals surface area contributed by atoms with Crippen molar-refractivity contribution in [2.24, 2.45) is 0 Å². The zero-order valence-corrected chi connectivity index (χ0v) is 16.8. The van der Waals surface area contributed by atoms with Crippen LogP contribution in [-0.2, 0) is 18.6 Å². The van der Waals surface area contributed by atoms with E-state index >= 15 is 0 Å². The van der Waals surface area contributed by atoms with Crippen molar-refractivity contribution in [3.05, 3.63) is 60.8 Å². The van der Waals surface area contributed by atoms with Crippen LogP contribution in [0.15, 0.2) is 60.8 Å². The summed E-state index contributed by atoms with van der Waals surface area (Å²) in [6.07, 6.45) is 11.5. The minimum Gasteiger partial charge on any atom is -0.455 e. The number of ether oxygens (including phenoxy) is 1. The smallest absolute Gasteiger partial charge is 0.455 e. The molecule has 1 heterocycles. The summed E-state index contributed by atoms with van der Waals surface area (Å²) >= 11 is 0. The number of allylic oxidation sites excluding steroid dienone is 4. The van der Waals surface area contributed by atoms with E-state index < -0.39 is 37.7 Å². The number of cyclic esters (lactones) is 1. The van der Waals surface area contributed by atoms with Gasteiger partial charge in [0.05, 0.1) is 12.7 Å². The number of aliphatic hydroxyl groups is 3. The maximum Gasteiger partial charge on any atom is 0.469 e. The number of hydrogen-bond donors (Lipinski definition) is 5. The fraction of sp³-hybridized carbons (Fsp3) is 0.421. The predicted molar refractivity (Wildman–Crippen MR) is 105 cm³/mol. The molecule has 0 aromatic carbocycles. The zero-order chi connectivity index (χ0) is 21.9. The van der Waals surface area contributed by atoms with Gasteiger partial charge in [0.1, 0.15) is 17.8 Å². The molecule has 4 atom stereocenters. The van der Waals surface area contributed by atoms with Gasteiger partial charge in [0, 0.05) is 18.9 Å². The first-order valence-electron chi connectivity index (χ1n) is 8.85. The van der Waals surface area contributed by atoms with E-state index in [0.29, 0.717) is 6.42 Å². The van der Waals surface area contributed by atoms with Gasteiger partial charge in [-0.15, -0.1) is 0 Å². The SMILES string of the molecule is C[C@](O)(/C=C/[C@@H]1CC=CC(=O)O1)[C@@H](C[C@@H](O)/C=C/C=C/C=C/CO)OP(=O)(O)O. The lowest BCUT2D eigenvalue weighted by Gasteiger charge is -2.31. The molecule has 0 saturated carbocycles. The van der Waals surface area contributed by atoms with E-state index in [-0.39, 0.29) is 13.0 Å². The van der Waals surface area contributed by atoms with Gasteiger partial charge in [-0.25, -0.2) is 9.36 Å². The Morgan fingerprint density at radius 2 is 2.03 bits per heavy atom. The normalized spacial score (nSPS) is 22.6. The number of carbonyl (C=O) groups is 1. The van der Waals surface area contributed by atoms with Crippen LogP contribution >= 0.6 is 7.82 Å². The first-order valence-corrected chi connectivity index (χ1v) is 10.4. The van der Waals surface area contributed by atoms with E-state index in [1.165, 1.54) is 43.4 Å². The van der Waals surface area contributed by atoms with E-state index in [1.54, 1.807) is 24.3 Å². The Kier molecular flexibility index (Phi) is 10.4. The Hall–Kier alpha value is -1.84. The number of phosphoric acid groups is 1. The molecule has 0 aliphatic carbocycles. The summed E-state index contributed by atoms with van der Waals surface area (Å²) < 4.78 is 21.0. The number of carbonyl (C=O) groups excluding carboxylic acids is 1. The zero-order valence-electron chi connectivity index (χ0n) is 15.9. The summed E-state index contributed by atoms with van der Waals surface area (Å²) in [7, 11) is -4.96. The quantitative estimate of drug-likeness (QED) is 0.140. The van der Waals surface area contributed by atoms with Crippen LogP contribution < -0.4 is 0 Å². The number of esters is 1. The van der Waals surface area contributed by atoms with Crippen molar-refractivity contribution >= 4 is 13.8 Å². The molecule has 5 N–H and O–H groups in total. The molecule has 162 valence electrons. The molecule has 10 heteroatoms. The van der Waals surface area contributed by atoms with Crippen LogP contribution in [0.25, 0.3) is 0 Å². The summed E-state index contributed by atoms with van der Waals surface area (Å²) in [5.41, 5.74) is -1.87. The van der Waals surface area contributed by atoms with Crippen molar-refractivity contribution in [2.75, 3.05) is 6.61 Å². The predicted octanol–water partition coefficient (Wildman–Crippen LogP) is 1.06. The van der Waals surface area contributed by atoms with Crippen LogP contribution in [-0.4, -0.2) is 61.6 Å². The molecule has 0 aromatic heterocycles. The topological polar surface area (TPSA) is 154 Å². The first-order chi connectivity index (χ1) is 13.5. The van der Waals surface area contributed by atoms with Gasteiger partial charge in [-0.3, -0.25) is 4.52 Å². The van der Waals surface area contributed by atoms with Gasteiger partial charge in [-0.1, -0.05) is 48.6 Å². The maximum atomic E-state index is 11.3. The highest BCUT2D eigenvalue weighted by atomic mass is 31.2. The summed E-state index contributed by atoms with van der Waals surface area (Å²) in [6, 6.07) is 0. The van der Waals surface area contributed by atoms with E-state index in [4.69, 9.17) is 19.6 Å². The molecule has 0 amide bonds. The molecule has 1 aliphatic rings. The third-order valence-electron chi connectivity index (χ3n) is 3.82. The summed E-state index contributed by atoms with van der Waals surface area (Å²) in [6.45, 7) is 1.16. The second kappa shape index (κ2) is 12.0. The lowest BCUT2D eigenvalue weighted by atomic mass is 9.93. The van der Waals surface area contributed by atoms with E-state index in [1.807, 2.05) is 0 Å². The lowest BCUT2D eigenvalue weighted by molar-refractivity contribution is -0.141. The number of aliphatic hydroxyl groups excluding tert-OH is 2. The highest BCUT2D eigenvalue weighted by Crippen LogP contribution is 2.41. The molecule has 0 radical (unpaired) electrons. The molecular formula is C19H27O9P. The van der Waals surface area contributed by atoms with Gasteiger partial charge in [0.25, 0.3) is 0 Å². The molecule has 9 nitrogen and oxygen atoms in total. The summed E-state index contributed by atoms with van der Waals surface area (Å²) in [4.78, 5) is 29.6. The molecule has 0 fully saturated rings. The molecular weight excluding hydrogens is 403 g/mol. The number of rotatable bonds is 11. The van der Waals surface area contributed by atoms with Crippen molar-refractivity contribution in [1.29, 1.82) is 0 Å². The average Bonchev–Trinajstić information content (AvgIpc) is 2.61. The minimum absolute atomic E-state index is 0.100. The fourth-order valence-electron chi connectivity index (χ4n) is 2.37. The van der Waals surface area contributed by atoms with Gasteiger partial charge < -0.3 is 29.8 Å². The third-order valence-corrected chi connectivity index (χ3v) is 4.35. The van der Waals surface area contributed by atoms with E-state index in [0.717, 1.165) is 0 Å². The highest BCUT2D eigenvalue weighted by molar-refractivity contribution is 7.46. The molecule has 1 rings (SSSR count). The van der Waals surface area contributed by atoms with Crippen LogP contribution in [0.2, 0.25) is 0 Å². The second-order valence-corrected chi connectivity index (χ2v) is 7.66. The highest BCUT2D eigenvalue weighted by Gasteiger charge is 2.37. The molecule has 1 aliphatic heterocycles. The van der Waals surface area contributed by atoms with Gasteiger partial charge >= 0.3 is 13.8 Å². The molecule has 29 heavy (non-hydrogen) atoms. The van der Waals surface area contributed by atoms with Gasteiger partial charge in [-0.2, -0.15) is 0 Å². The molecule has 0 saturated heterocycles. The first kappa shape index (κ1) is 25.2. The van der Waals surface area contributed by atoms with Crippen LogP contribution in [0, 0.1) is 0 Å². The maximum absolute atomic E-state index is 11.3. The van der Waals surface area contributed by atoms with Gasteiger partial charge in [0.15, 0.2) is 0 Å². The Bertz CT molecular complexity index is 715. The van der Waals surface area contributed by atoms with Crippen molar-refractivity contribution in [3.8, 4) is 0 Å². The Balaban J connectivity index is 2.84. The standard InChI is InChI=1S/C19H27O9P/c1-19(23,12-11-16-9-7-10-18(22)27-16)17(28-29(24,25)26)14-15(21)8-5-3-2-4-6-13-20/h2-8,10-12,15-17,20-21,23H,9,13-14H2,1H3,(H2,24,25,26)/b3-2+,6-4+,8-5+,12-11+/t15-,16-,17+,19-/m0/s1. The van der Waals surface area contributed by atoms with Crippen molar-refractivity contribution in [1.82, 2.24) is 0 Å². The van der Waals surface area contributed by atoms with Crippen molar-refractivity contribution < 1.29 is 43.7 Å².